The average Bonchev–Trinajstić information content (AvgIpc) is 1.60. The van der Waals surface area contributed by atoms with E-state index >= 15 is 8.78 Å². The van der Waals surface area contributed by atoms with E-state index in [9.17, 15) is 97.0 Å². The smallest absolute Gasteiger partial charge is 0.386 e. The van der Waals surface area contributed by atoms with E-state index in [1.54, 1.807) is 0 Å². The third kappa shape index (κ3) is 18.5. The summed E-state index contributed by atoms with van der Waals surface area (Å²) >= 11 is 5.07. The number of rotatable bonds is 8. The van der Waals surface area contributed by atoms with Crippen LogP contribution in [-0.2, 0) is 122 Å². The van der Waals surface area contributed by atoms with Gasteiger partial charge in [0.25, 0.3) is 27.8 Å². The predicted octanol–water partition coefficient (Wildman–Crippen LogP) is -3.64. The minimum atomic E-state index is -5.19. The maximum absolute atomic E-state index is 15.9. The van der Waals surface area contributed by atoms with Crippen molar-refractivity contribution in [1.29, 1.82) is 0 Å². The Bertz CT molecular complexity index is 7310. The molecule has 77 heteroatoms. The van der Waals surface area contributed by atoms with Crippen LogP contribution in [0.3, 0.4) is 0 Å². The zero-order chi connectivity index (χ0) is 97.6. The van der Waals surface area contributed by atoms with Crippen molar-refractivity contribution in [3.8, 4) is 0 Å². The van der Waals surface area contributed by atoms with E-state index in [-0.39, 0.29) is 85.2 Å². The summed E-state index contributed by atoms with van der Waals surface area (Å²) in [5.74, 6) is -0.729. The Morgan fingerprint density at radius 2 is 0.804 bits per heavy atom. The number of aliphatic imine (C=N–C) groups is 1. The van der Waals surface area contributed by atoms with E-state index in [2.05, 4.69) is 100 Å². The minimum absolute atomic E-state index is 0.00208. The lowest BCUT2D eigenvalue weighted by Gasteiger charge is -2.26. The quantitative estimate of drug-likeness (QED) is 0.0302. The van der Waals surface area contributed by atoms with Gasteiger partial charge in [0.2, 0.25) is 17.8 Å². The van der Waals surface area contributed by atoms with Crippen molar-refractivity contribution < 1.29 is 164 Å². The van der Waals surface area contributed by atoms with Gasteiger partial charge in [-0.1, -0.05) is 5.11 Å². The number of nitrogens with one attached hydrogen (secondary N) is 6. The summed E-state index contributed by atoms with van der Waals surface area (Å²) in [6, 6.07) is -1.51. The number of phosphoric acid groups is 5. The summed E-state index contributed by atoms with van der Waals surface area (Å²) < 4.78 is 209. The first kappa shape index (κ1) is 96.5. The number of hydrogen-bond donors (Lipinski definition) is 18. The average molecular weight is 2090 g/mol. The van der Waals surface area contributed by atoms with E-state index < -0.39 is 267 Å². The Morgan fingerprint density at radius 1 is 0.442 bits per heavy atom. The molecule has 10 aliphatic heterocycles. The van der Waals surface area contributed by atoms with Crippen molar-refractivity contribution in [2.24, 2.45) is 10.1 Å². The maximum atomic E-state index is 15.9. The lowest BCUT2D eigenvalue weighted by Crippen LogP contribution is -2.37. The molecule has 68 nitrogen and oxygen atoms in total. The molecule has 0 saturated carbocycles. The van der Waals surface area contributed by atoms with Crippen LogP contribution in [0.1, 0.15) is 49.3 Å². The molecule has 21 N–H and O–H groups in total. The van der Waals surface area contributed by atoms with Crippen molar-refractivity contribution in [3.63, 3.8) is 0 Å². The number of imidazole rings is 6. The highest BCUT2D eigenvalue weighted by molar-refractivity contribution is 8.07. The molecule has 6 bridgehead atoms. The zero-order valence-corrected chi connectivity index (χ0v) is 74.9. The first-order valence-electron chi connectivity index (χ1n) is 39.6. The van der Waals surface area contributed by atoms with Crippen LogP contribution in [0.5, 0.6) is 0 Å². The van der Waals surface area contributed by atoms with Crippen LogP contribution >= 0.6 is 45.8 Å². The van der Waals surface area contributed by atoms with Crippen LogP contribution in [-0.4, -0.2) is 315 Å². The predicted molar refractivity (Wildman–Crippen MR) is 443 cm³/mol. The lowest BCUT2D eigenvalue weighted by atomic mass is 10.1. The molecule has 0 amide bonds. The van der Waals surface area contributed by atoms with Gasteiger partial charge in [0.05, 0.1) is 109 Å². The molecule has 9 saturated heterocycles. The van der Waals surface area contributed by atoms with Gasteiger partial charge in [-0.2, -0.15) is 15.0 Å². The number of aromatic nitrogens is 22. The molecule has 742 valence electrons. The number of nitrogens with two attached hydrogens (primary N) is 3. The highest BCUT2D eigenvalue weighted by Crippen LogP contribution is 2.59. The van der Waals surface area contributed by atoms with Gasteiger partial charge in [-0.25, -0.2) is 76.5 Å². The normalized spacial score (nSPS) is 37.9. The summed E-state index contributed by atoms with van der Waals surface area (Å²) in [6.07, 6.45) is -28.2. The highest BCUT2D eigenvalue weighted by Gasteiger charge is 2.60. The van der Waals surface area contributed by atoms with Gasteiger partial charge in [-0.15, -0.1) is 0 Å². The van der Waals surface area contributed by atoms with Gasteiger partial charge in [-0.3, -0.25) is 116 Å². The second kappa shape index (κ2) is 37.0. The summed E-state index contributed by atoms with van der Waals surface area (Å²) in [5, 5.41) is 38.7. The number of nitrogen functional groups attached to an aromatic ring is 3. The molecule has 31 atom stereocenters. The Labute approximate surface area is 762 Å². The van der Waals surface area contributed by atoms with Crippen molar-refractivity contribution in [3.05, 3.63) is 119 Å². The first-order chi connectivity index (χ1) is 65.5. The van der Waals surface area contributed by atoms with Gasteiger partial charge >= 0.3 is 45.8 Å². The Kier molecular flexibility index (Phi) is 25.9. The number of aliphatic hydroxyl groups excluding tert-OH is 3. The maximum Gasteiger partial charge on any atom is 0.472 e. The Balaban J connectivity index is 0.000000132. The molecule has 0 spiro atoms. The van der Waals surface area contributed by atoms with Crippen LogP contribution in [0.25, 0.3) is 66.3 Å². The number of nitrogens with zero attached hydrogens (tertiary/aromatic N) is 21. The summed E-state index contributed by atoms with van der Waals surface area (Å²) in [6.45, 7) is -9.27. The number of methoxy groups -OCH3 is 1. The number of aromatic amines is 5. The number of aliphatic hydroxyl groups is 3. The molecule has 21 heterocycles. The van der Waals surface area contributed by atoms with Crippen LogP contribution in [0.15, 0.2) is 84.7 Å². The molecular formula is C61H70F2N30O38P6S. The number of halogens is 2. The van der Waals surface area contributed by atoms with Gasteiger partial charge in [0.15, 0.2) is 112 Å². The fourth-order valence-corrected chi connectivity index (χ4v) is 22.5. The molecule has 0 aromatic carbocycles. The molecule has 0 radical (unpaired) electrons. The number of fused-ring (bicyclic) bond motifs is 15. The van der Waals surface area contributed by atoms with Gasteiger partial charge in [0, 0.05) is 12.0 Å². The van der Waals surface area contributed by atoms with Crippen molar-refractivity contribution in [2.75, 3.05) is 69.3 Å². The molecule has 138 heavy (non-hydrogen) atoms. The third-order valence-electron chi connectivity index (χ3n) is 22.4. The molecule has 9 fully saturated rings. The number of azide groups is 1. The number of phosphoric ester groups is 5. The minimum Gasteiger partial charge on any atom is -0.386 e. The largest absolute Gasteiger partial charge is 0.472 e. The van der Waals surface area contributed by atoms with Crippen LogP contribution < -0.4 is 50.3 Å². The SMILES string of the molecule is CO[C@H]1[C@H]2OP(=O)(O)OC[C@H]3O[C@@H](n4cnc5c(=O)[nH]cnc54)[C@H](O)[C@@H]3OP(=O)(O)OC[C@H]1O[C@H]2n1cnc2c(=O)[nH]c(N)nc21.Nc1nc2c(ncn2[C@@H]2O[C@@H]3COP(O)(=S)O[C@H]4[C@H](F)[C@H](n5cnc6c5NC=NC6O)O[C@@H]4COP(=O)(O)O[C@@H]2[C@@H]3F)c(=O)[nH]1.[N-]=[N+]=N[C@H]1[C@H]2OP(=O)(O)OC[C@H]3O[C@@H](n4cnc5c(=O)[nH]cnc54)[C@H](O)[C@@H]3OP(=O)(O)OC[C@H]1O[C@H]2n1cnc2c(=O)[nH]c(N)nc21. The fourth-order valence-electron chi connectivity index (χ4n) is 16.4. The van der Waals surface area contributed by atoms with Crippen LogP contribution in [0.4, 0.5) is 32.4 Å². The summed E-state index contributed by atoms with van der Waals surface area (Å²) in [5.41, 5.74) is 21.9. The van der Waals surface area contributed by atoms with Crippen molar-refractivity contribution in [2.45, 2.75) is 154 Å². The number of hydrogen-bond acceptors (Lipinski definition) is 50. The van der Waals surface area contributed by atoms with Crippen molar-refractivity contribution >= 4 is 143 Å². The molecular weight excluding hydrogens is 2020 g/mol. The Morgan fingerprint density at radius 3 is 1.27 bits per heavy atom. The second-order valence-electron chi connectivity index (χ2n) is 30.8. The standard InChI is InChI=1S/C21H25N9O14P2.C20H23F2N9O11P2S.C20H22N12O13P2/c1-38-13-8-3-40-45(34,35)43-12-7(41-19(11(12)31)29-5-25-9-15(29)23-4-24-17(9)32)2-39-46(36,37)44-14(13)20(42-8)30-6-26-10-16(30)27-21(22)28-18(10)33;21-8-6-1-38-44(36,45)42-12-7(40-18(9(12)22)30-4-26-10-14(30)24-3-25-16(10)32)2-37-43(34,35)41-13(8)19(39-6)31-5-27-11-15(31)28-20(23)29-17(11)33;21-20-27-15-10(17(35)28-20)26-5-32(15)19-13-8(29-30-22)6(42-19)1-40-46(36,37)44-12-7(2-41-47(38,39)45-13)43-18(11(12)33)31-4-25-9-14(31)23-3-24-16(9)34/h4-8,11-14,19-20,31H,2-3H2,1H3,(H,34,35)(H,36,37)(H,23,24,32)(H3,22,27,28,33);3-9,12-13,16,18-19,32H,1-2H2,(H,24,25)(H,34,35)(H,36,45)(H3,23,28,29,33);3-8,11-13,18-19,33H,1-2H2,(H,36,37)(H,38,39)(H,23,24,34)(H3,21,27,28,35)/t7-,8-,11-,12-,13-,14-,19-,20-;6-,7-,8-,9+,12-,13-,16?,18-,19-,44?;6-,7-,8-,11-,12-,13-,18-,19-/m111/s1. The summed E-state index contributed by atoms with van der Waals surface area (Å²) in [7, 11) is -24.4. The molecule has 11 aromatic heterocycles. The van der Waals surface area contributed by atoms with Gasteiger partial charge in [-0.05, 0) is 17.3 Å². The third-order valence-corrected chi connectivity index (χ3v) is 28.8. The van der Waals surface area contributed by atoms with E-state index in [1.165, 1.54) is 27.1 Å². The summed E-state index contributed by atoms with van der Waals surface area (Å²) in [4.78, 5) is 188. The van der Waals surface area contributed by atoms with Gasteiger partial charge < -0.3 is 115 Å². The molecule has 7 unspecified atom stereocenters. The first-order valence-corrected chi connectivity index (χ1v) is 49.7. The van der Waals surface area contributed by atoms with Crippen LogP contribution in [0, 0.1) is 0 Å². The number of alkyl halides is 2. The van der Waals surface area contributed by atoms with E-state index in [1.807, 2.05) is 0 Å². The lowest BCUT2D eigenvalue weighted by molar-refractivity contribution is -0.0674. The van der Waals surface area contributed by atoms with E-state index in [0.717, 1.165) is 64.3 Å². The highest BCUT2D eigenvalue weighted by atomic mass is 32.5. The fraction of sp³-hybridized carbons (Fsp3) is 0.525. The van der Waals surface area contributed by atoms with Crippen molar-refractivity contribution in [1.82, 2.24) is 107 Å². The van der Waals surface area contributed by atoms with E-state index in [0.29, 0.717) is 0 Å². The van der Waals surface area contributed by atoms with Crippen LogP contribution in [0.2, 0.25) is 0 Å². The number of H-pyrrole nitrogens is 5. The van der Waals surface area contributed by atoms with E-state index in [4.69, 9.17) is 116 Å². The Hall–Kier alpha value is -10.3. The second-order valence-corrected chi connectivity index (χ2v) is 40.6. The number of ether oxygens (including phenoxy) is 7. The molecule has 0 aliphatic carbocycles. The monoisotopic (exact) mass is 2090 g/mol. The van der Waals surface area contributed by atoms with Gasteiger partial charge in [0.1, 0.15) is 97.0 Å². The number of anilines is 4. The molecule has 10 aliphatic rings. The zero-order valence-electron chi connectivity index (χ0n) is 68.7. The molecule has 21 rings (SSSR count). The molecule has 11 aromatic rings. The topological polar surface area (TPSA) is 930 Å².